The van der Waals surface area contributed by atoms with Gasteiger partial charge in [-0.2, -0.15) is 0 Å². The molecule has 1 aromatic rings. The molecule has 1 saturated heterocycles. The number of likely N-dealkylation sites (tertiary alicyclic amines) is 1. The summed E-state index contributed by atoms with van der Waals surface area (Å²) in [6.45, 7) is 5.53. The van der Waals surface area contributed by atoms with Gasteiger partial charge in [-0.25, -0.2) is 10.8 Å². The molecule has 19 heavy (non-hydrogen) atoms. The molecule has 0 saturated carbocycles. The van der Waals surface area contributed by atoms with Gasteiger partial charge in [-0.05, 0) is 32.4 Å². The van der Waals surface area contributed by atoms with Gasteiger partial charge in [0.05, 0.1) is 10.7 Å². The number of hydrazine groups is 1. The molecule has 0 aromatic carbocycles. The molecule has 0 unspecified atom stereocenters. The van der Waals surface area contributed by atoms with Crippen molar-refractivity contribution in [2.75, 3.05) is 19.6 Å². The highest BCUT2D eigenvalue weighted by Crippen LogP contribution is 2.21. The zero-order valence-electron chi connectivity index (χ0n) is 11.4. The Labute approximate surface area is 118 Å². The Morgan fingerprint density at radius 3 is 2.79 bits per heavy atom. The van der Waals surface area contributed by atoms with Crippen LogP contribution in [0.5, 0.6) is 0 Å². The third-order valence-electron chi connectivity index (χ3n) is 3.41. The summed E-state index contributed by atoms with van der Waals surface area (Å²) in [5.41, 5.74) is 3.11. The van der Waals surface area contributed by atoms with Gasteiger partial charge in [0.2, 0.25) is 0 Å². The number of carbonyl (C=O) groups is 1. The van der Waals surface area contributed by atoms with Crippen LogP contribution in [0.3, 0.4) is 0 Å². The lowest BCUT2D eigenvalue weighted by Gasteiger charge is -2.12. The lowest BCUT2D eigenvalue weighted by atomic mass is 10.2. The molecule has 0 radical (unpaired) electrons. The zero-order valence-corrected chi connectivity index (χ0v) is 12.3. The minimum Gasteiger partial charge on any atom is -0.303 e. The zero-order chi connectivity index (χ0) is 13.7. The Morgan fingerprint density at radius 1 is 1.42 bits per heavy atom. The summed E-state index contributed by atoms with van der Waals surface area (Å²) in [6, 6.07) is 0. The van der Waals surface area contributed by atoms with E-state index in [9.17, 15) is 4.79 Å². The van der Waals surface area contributed by atoms with Crippen LogP contribution in [0.1, 0.15) is 46.6 Å². The van der Waals surface area contributed by atoms with Gasteiger partial charge in [-0.1, -0.05) is 13.3 Å². The van der Waals surface area contributed by atoms with Gasteiger partial charge in [0.15, 0.2) is 0 Å². The maximum absolute atomic E-state index is 11.7. The molecule has 3 N–H and O–H groups in total. The molecule has 1 aliphatic rings. The maximum atomic E-state index is 11.7. The SMILES string of the molecule is CCCc1nc(CCN2CCCC2)sc1C(=O)NN. The molecule has 2 rings (SSSR count). The van der Waals surface area contributed by atoms with E-state index in [0.29, 0.717) is 4.88 Å². The highest BCUT2D eigenvalue weighted by atomic mass is 32.1. The third kappa shape index (κ3) is 3.75. The fraction of sp³-hybridized carbons (Fsp3) is 0.692. The van der Waals surface area contributed by atoms with Gasteiger partial charge in [0, 0.05) is 13.0 Å². The number of nitrogens with two attached hydrogens (primary N) is 1. The van der Waals surface area contributed by atoms with Gasteiger partial charge in [-0.15, -0.1) is 11.3 Å². The Bertz CT molecular complexity index is 426. The second kappa shape index (κ2) is 6.98. The first-order valence-electron chi connectivity index (χ1n) is 6.96. The lowest BCUT2D eigenvalue weighted by molar-refractivity contribution is 0.0956. The molecule has 1 aliphatic heterocycles. The van der Waals surface area contributed by atoms with Crippen LogP contribution in [0.4, 0.5) is 0 Å². The molecule has 1 amide bonds. The second-order valence-electron chi connectivity index (χ2n) is 4.91. The molecule has 0 spiro atoms. The van der Waals surface area contributed by atoms with Crippen molar-refractivity contribution < 1.29 is 4.79 Å². The predicted octanol–water partition coefficient (Wildman–Crippen LogP) is 1.34. The van der Waals surface area contributed by atoms with Crippen LogP contribution in [-0.4, -0.2) is 35.4 Å². The van der Waals surface area contributed by atoms with E-state index in [-0.39, 0.29) is 5.91 Å². The van der Waals surface area contributed by atoms with E-state index < -0.39 is 0 Å². The maximum Gasteiger partial charge on any atom is 0.277 e. The summed E-state index contributed by atoms with van der Waals surface area (Å²) in [7, 11) is 0. The number of amides is 1. The monoisotopic (exact) mass is 282 g/mol. The van der Waals surface area contributed by atoms with Gasteiger partial charge in [0.25, 0.3) is 5.91 Å². The van der Waals surface area contributed by atoms with Gasteiger partial charge in [0.1, 0.15) is 4.88 Å². The molecule has 106 valence electrons. The quantitative estimate of drug-likeness (QED) is 0.469. The minimum atomic E-state index is -0.214. The summed E-state index contributed by atoms with van der Waals surface area (Å²) in [5, 5.41) is 1.05. The summed E-state index contributed by atoms with van der Waals surface area (Å²) in [6.07, 6.45) is 5.36. The molecule has 1 aromatic heterocycles. The minimum absolute atomic E-state index is 0.214. The molecule has 6 heteroatoms. The number of rotatable bonds is 6. The molecular formula is C13H22N4OS. The number of nitrogens with one attached hydrogen (secondary N) is 1. The topological polar surface area (TPSA) is 71.2 Å². The van der Waals surface area contributed by atoms with Crippen LogP contribution in [0, 0.1) is 0 Å². The molecule has 0 aliphatic carbocycles. The first kappa shape index (κ1) is 14.4. The van der Waals surface area contributed by atoms with Crippen molar-refractivity contribution in [1.29, 1.82) is 0 Å². The van der Waals surface area contributed by atoms with Crippen LogP contribution in [-0.2, 0) is 12.8 Å². The van der Waals surface area contributed by atoms with E-state index in [2.05, 4.69) is 22.2 Å². The number of hydrogen-bond acceptors (Lipinski definition) is 5. The molecule has 1 fully saturated rings. The number of carbonyl (C=O) groups excluding carboxylic acids is 1. The van der Waals surface area contributed by atoms with E-state index in [0.717, 1.165) is 36.5 Å². The van der Waals surface area contributed by atoms with Crippen LogP contribution in [0.25, 0.3) is 0 Å². The van der Waals surface area contributed by atoms with E-state index >= 15 is 0 Å². The van der Waals surface area contributed by atoms with Crippen molar-refractivity contribution in [2.45, 2.75) is 39.0 Å². The fourth-order valence-electron chi connectivity index (χ4n) is 2.42. The first-order valence-corrected chi connectivity index (χ1v) is 7.78. The van der Waals surface area contributed by atoms with E-state index in [1.165, 1.54) is 37.3 Å². The van der Waals surface area contributed by atoms with Crippen molar-refractivity contribution in [3.05, 3.63) is 15.6 Å². The molecule has 2 heterocycles. The average molecular weight is 282 g/mol. The fourth-order valence-corrected chi connectivity index (χ4v) is 3.42. The van der Waals surface area contributed by atoms with Gasteiger partial charge in [-0.3, -0.25) is 10.2 Å². The van der Waals surface area contributed by atoms with Crippen molar-refractivity contribution in [2.24, 2.45) is 5.84 Å². The third-order valence-corrected chi connectivity index (χ3v) is 4.56. The van der Waals surface area contributed by atoms with Crippen LogP contribution < -0.4 is 11.3 Å². The largest absolute Gasteiger partial charge is 0.303 e. The summed E-state index contributed by atoms with van der Waals surface area (Å²) in [4.78, 5) is 19.5. The van der Waals surface area contributed by atoms with Crippen molar-refractivity contribution in [3.63, 3.8) is 0 Å². The summed E-state index contributed by atoms with van der Waals surface area (Å²) < 4.78 is 0. The van der Waals surface area contributed by atoms with Crippen molar-refractivity contribution in [3.8, 4) is 0 Å². The number of nitrogen functional groups attached to an aromatic ring is 1. The number of aromatic nitrogens is 1. The van der Waals surface area contributed by atoms with Crippen LogP contribution >= 0.6 is 11.3 Å². The standard InChI is InChI=1S/C13H22N4OS/c1-2-5-10-12(13(18)16-14)19-11(15-10)6-9-17-7-3-4-8-17/h2-9,14H2,1H3,(H,16,18). The molecule has 0 atom stereocenters. The van der Waals surface area contributed by atoms with Crippen molar-refractivity contribution >= 4 is 17.2 Å². The summed E-state index contributed by atoms with van der Waals surface area (Å²) >= 11 is 1.49. The van der Waals surface area contributed by atoms with Crippen LogP contribution in [0.15, 0.2) is 0 Å². The Morgan fingerprint density at radius 2 is 2.16 bits per heavy atom. The molecule has 5 nitrogen and oxygen atoms in total. The second-order valence-corrected chi connectivity index (χ2v) is 5.99. The Hall–Kier alpha value is -0.980. The normalized spacial score (nSPS) is 15.9. The Kier molecular flexibility index (Phi) is 5.30. The lowest BCUT2D eigenvalue weighted by Crippen LogP contribution is -2.30. The molecule has 0 bridgehead atoms. The average Bonchev–Trinajstić information content (AvgIpc) is 3.05. The van der Waals surface area contributed by atoms with Gasteiger partial charge >= 0.3 is 0 Å². The predicted molar refractivity (Wildman–Crippen MR) is 77.1 cm³/mol. The van der Waals surface area contributed by atoms with E-state index in [4.69, 9.17) is 5.84 Å². The summed E-state index contributed by atoms with van der Waals surface area (Å²) in [5.74, 6) is 5.01. The molecular weight excluding hydrogens is 260 g/mol. The first-order chi connectivity index (χ1) is 9.24. The number of thiazole rings is 1. The van der Waals surface area contributed by atoms with Crippen molar-refractivity contribution in [1.82, 2.24) is 15.3 Å². The highest BCUT2D eigenvalue weighted by molar-refractivity contribution is 7.13. The Balaban J connectivity index is 2.01. The number of aryl methyl sites for hydroxylation is 1. The smallest absolute Gasteiger partial charge is 0.277 e. The number of nitrogens with zero attached hydrogens (tertiary/aromatic N) is 2. The van der Waals surface area contributed by atoms with Gasteiger partial charge < -0.3 is 4.90 Å². The number of hydrogen-bond donors (Lipinski definition) is 2. The highest BCUT2D eigenvalue weighted by Gasteiger charge is 2.18. The van der Waals surface area contributed by atoms with E-state index in [1.54, 1.807) is 0 Å². The van der Waals surface area contributed by atoms with E-state index in [1.807, 2.05) is 0 Å². The van der Waals surface area contributed by atoms with Crippen LogP contribution in [0.2, 0.25) is 0 Å².